The van der Waals surface area contributed by atoms with Crippen molar-refractivity contribution in [3.63, 3.8) is 0 Å². The van der Waals surface area contributed by atoms with Crippen LogP contribution in [0.5, 0.6) is 0 Å². The molecule has 0 spiro atoms. The molecule has 0 saturated heterocycles. The molecule has 0 aromatic heterocycles. The number of hydrogen-bond donors (Lipinski definition) is 5. The lowest BCUT2D eigenvalue weighted by atomic mass is 9.85. The third-order valence-corrected chi connectivity index (χ3v) is 2.69. The van der Waals surface area contributed by atoms with Crippen LogP contribution in [0.15, 0.2) is 0 Å². The summed E-state index contributed by atoms with van der Waals surface area (Å²) < 4.78 is 4.98. The van der Waals surface area contributed by atoms with Gasteiger partial charge in [0.05, 0.1) is 18.2 Å². The van der Waals surface area contributed by atoms with Crippen molar-refractivity contribution in [1.29, 1.82) is 0 Å². The van der Waals surface area contributed by atoms with E-state index in [1.807, 2.05) is 0 Å². The minimum absolute atomic E-state index is 0.126. The molecule has 1 fully saturated rings. The number of hydrogen-bond acceptors (Lipinski definition) is 6. The van der Waals surface area contributed by atoms with E-state index in [0.717, 1.165) is 0 Å². The predicted molar refractivity (Wildman–Crippen MR) is 61.8 cm³/mol. The summed E-state index contributed by atoms with van der Waals surface area (Å²) in [5.41, 5.74) is -0.702. The minimum Gasteiger partial charge on any atom is -0.444 e. The zero-order chi connectivity index (χ0) is 14.1. The molecule has 1 amide bonds. The van der Waals surface area contributed by atoms with Crippen LogP contribution in [0.1, 0.15) is 27.2 Å². The molecule has 0 radical (unpaired) electrons. The highest BCUT2D eigenvalue weighted by Crippen LogP contribution is 2.21. The zero-order valence-electron chi connectivity index (χ0n) is 10.7. The van der Waals surface area contributed by atoms with Crippen LogP contribution in [-0.4, -0.2) is 62.6 Å². The van der Waals surface area contributed by atoms with Crippen molar-refractivity contribution in [2.24, 2.45) is 0 Å². The average Bonchev–Trinajstić information content (AvgIpc) is 2.19. The van der Waals surface area contributed by atoms with Gasteiger partial charge in [-0.2, -0.15) is 0 Å². The van der Waals surface area contributed by atoms with Crippen molar-refractivity contribution in [3.8, 4) is 0 Å². The van der Waals surface area contributed by atoms with Crippen molar-refractivity contribution in [3.05, 3.63) is 0 Å². The molecule has 1 rings (SSSR count). The van der Waals surface area contributed by atoms with Crippen molar-refractivity contribution in [2.75, 3.05) is 0 Å². The van der Waals surface area contributed by atoms with Crippen molar-refractivity contribution < 1.29 is 30.0 Å². The lowest BCUT2D eigenvalue weighted by Crippen LogP contribution is -2.62. The number of aliphatic hydroxyl groups excluding tert-OH is 4. The lowest BCUT2D eigenvalue weighted by molar-refractivity contribution is -0.133. The van der Waals surface area contributed by atoms with Crippen LogP contribution in [0.2, 0.25) is 0 Å². The van der Waals surface area contributed by atoms with Crippen molar-refractivity contribution in [2.45, 2.75) is 63.3 Å². The van der Waals surface area contributed by atoms with Crippen LogP contribution in [0.25, 0.3) is 0 Å². The van der Waals surface area contributed by atoms with Gasteiger partial charge in [-0.3, -0.25) is 0 Å². The highest BCUT2D eigenvalue weighted by Gasteiger charge is 2.43. The van der Waals surface area contributed by atoms with Gasteiger partial charge in [0.1, 0.15) is 17.8 Å². The second kappa shape index (κ2) is 5.40. The van der Waals surface area contributed by atoms with E-state index >= 15 is 0 Å². The van der Waals surface area contributed by atoms with E-state index in [0.29, 0.717) is 0 Å². The summed E-state index contributed by atoms with van der Waals surface area (Å²) in [7, 11) is 0. The molecule has 1 saturated carbocycles. The fourth-order valence-corrected chi connectivity index (χ4v) is 1.83. The SMILES string of the molecule is CC(C)(C)OC(=O)N[C@@H]1[C@@H](O)[C@@H](O)[C@H](O)C[C@@H]1O. The largest absolute Gasteiger partial charge is 0.444 e. The Morgan fingerprint density at radius 2 is 1.67 bits per heavy atom. The Balaban J connectivity index is 2.62. The van der Waals surface area contributed by atoms with E-state index in [9.17, 15) is 25.2 Å². The molecule has 1 aliphatic carbocycles. The van der Waals surface area contributed by atoms with E-state index in [2.05, 4.69) is 5.32 Å². The van der Waals surface area contributed by atoms with E-state index < -0.39 is 42.2 Å². The summed E-state index contributed by atoms with van der Waals surface area (Å²) in [4.78, 5) is 11.5. The molecule has 18 heavy (non-hydrogen) atoms. The number of amides is 1. The van der Waals surface area contributed by atoms with Gasteiger partial charge >= 0.3 is 6.09 Å². The van der Waals surface area contributed by atoms with Crippen LogP contribution in [0, 0.1) is 0 Å². The summed E-state index contributed by atoms with van der Waals surface area (Å²) >= 11 is 0. The first-order chi connectivity index (χ1) is 8.11. The second-order valence-electron chi connectivity index (χ2n) is 5.52. The maximum absolute atomic E-state index is 11.5. The van der Waals surface area contributed by atoms with Gasteiger partial charge in [0.2, 0.25) is 0 Å². The highest BCUT2D eigenvalue weighted by atomic mass is 16.6. The number of ether oxygens (including phenoxy) is 1. The molecule has 5 atom stereocenters. The Morgan fingerprint density at radius 1 is 1.11 bits per heavy atom. The maximum Gasteiger partial charge on any atom is 0.408 e. The van der Waals surface area contributed by atoms with Crippen LogP contribution in [0.3, 0.4) is 0 Å². The van der Waals surface area contributed by atoms with E-state index in [1.165, 1.54) is 0 Å². The highest BCUT2D eigenvalue weighted by molar-refractivity contribution is 5.68. The molecule has 7 nitrogen and oxygen atoms in total. The Bertz CT molecular complexity index is 302. The van der Waals surface area contributed by atoms with Gasteiger partial charge in [-0.15, -0.1) is 0 Å². The number of carbonyl (C=O) groups is 1. The van der Waals surface area contributed by atoms with Gasteiger partial charge in [0.25, 0.3) is 0 Å². The van der Waals surface area contributed by atoms with Crippen molar-refractivity contribution >= 4 is 6.09 Å². The fourth-order valence-electron chi connectivity index (χ4n) is 1.83. The molecule has 0 aromatic carbocycles. The molecule has 1 aliphatic rings. The third kappa shape index (κ3) is 3.81. The standard InChI is InChI=1S/C11H21NO6/c1-11(2,3)18-10(17)12-7-5(13)4-6(14)8(15)9(7)16/h5-9,13-16H,4H2,1-3H3,(H,12,17)/t5-,6+,7-,8-,9+/m0/s1. The van der Waals surface area contributed by atoms with E-state index in [-0.39, 0.29) is 6.42 Å². The number of alkyl carbamates (subject to hydrolysis) is 1. The molecule has 0 aliphatic heterocycles. The molecule has 7 heteroatoms. The van der Waals surface area contributed by atoms with Gasteiger partial charge < -0.3 is 30.5 Å². The molecule has 106 valence electrons. The van der Waals surface area contributed by atoms with Gasteiger partial charge in [-0.25, -0.2) is 4.79 Å². The fraction of sp³-hybridized carbons (Fsp3) is 0.909. The first kappa shape index (κ1) is 15.2. The zero-order valence-corrected chi connectivity index (χ0v) is 10.7. The Morgan fingerprint density at radius 3 is 2.17 bits per heavy atom. The Kier molecular flexibility index (Phi) is 4.55. The molecular formula is C11H21NO6. The monoisotopic (exact) mass is 263 g/mol. The van der Waals surface area contributed by atoms with Gasteiger partial charge in [-0.05, 0) is 20.8 Å². The van der Waals surface area contributed by atoms with Gasteiger partial charge in [0, 0.05) is 6.42 Å². The van der Waals surface area contributed by atoms with Crippen LogP contribution in [-0.2, 0) is 4.74 Å². The van der Waals surface area contributed by atoms with Crippen molar-refractivity contribution in [1.82, 2.24) is 5.32 Å². The number of aliphatic hydroxyl groups is 4. The molecule has 0 aromatic rings. The number of rotatable bonds is 1. The first-order valence-corrected chi connectivity index (χ1v) is 5.83. The normalized spacial score (nSPS) is 37.2. The topological polar surface area (TPSA) is 119 Å². The average molecular weight is 263 g/mol. The first-order valence-electron chi connectivity index (χ1n) is 5.83. The Labute approximate surface area is 105 Å². The van der Waals surface area contributed by atoms with Crippen LogP contribution in [0.4, 0.5) is 4.79 Å². The third-order valence-electron chi connectivity index (χ3n) is 2.69. The molecule has 0 heterocycles. The summed E-state index contributed by atoms with van der Waals surface area (Å²) in [6, 6.07) is -1.07. The van der Waals surface area contributed by atoms with Crippen LogP contribution >= 0.6 is 0 Å². The molecular weight excluding hydrogens is 242 g/mol. The Hall–Kier alpha value is -0.890. The molecule has 5 N–H and O–H groups in total. The van der Waals surface area contributed by atoms with Gasteiger partial charge in [0.15, 0.2) is 0 Å². The smallest absolute Gasteiger partial charge is 0.408 e. The number of carbonyl (C=O) groups excluding carboxylic acids is 1. The molecule has 0 unspecified atom stereocenters. The summed E-state index contributed by atoms with van der Waals surface area (Å²) in [5, 5.41) is 40.5. The summed E-state index contributed by atoms with van der Waals surface area (Å²) in [5.74, 6) is 0. The molecule has 0 bridgehead atoms. The van der Waals surface area contributed by atoms with E-state index in [1.54, 1.807) is 20.8 Å². The minimum atomic E-state index is -1.45. The predicted octanol–water partition coefficient (Wildman–Crippen LogP) is -1.27. The maximum atomic E-state index is 11.5. The van der Waals surface area contributed by atoms with Crippen LogP contribution < -0.4 is 5.32 Å². The lowest BCUT2D eigenvalue weighted by Gasteiger charge is -2.39. The summed E-state index contributed by atoms with van der Waals surface area (Å²) in [6.07, 6.45) is -6.14. The van der Waals surface area contributed by atoms with Gasteiger partial charge in [-0.1, -0.05) is 0 Å². The second-order valence-corrected chi connectivity index (χ2v) is 5.52. The van der Waals surface area contributed by atoms with E-state index in [4.69, 9.17) is 4.74 Å². The summed E-state index contributed by atoms with van der Waals surface area (Å²) in [6.45, 7) is 5.04. The quantitative estimate of drug-likeness (QED) is 0.402. The number of nitrogens with one attached hydrogen (secondary N) is 1.